The Morgan fingerprint density at radius 2 is 1.83 bits per heavy atom. The maximum Gasteiger partial charge on any atom is 0.119 e. The first-order chi connectivity index (χ1) is 8.65. The SMILES string of the molecule is CC(C)c1cc(SCCCCCCO)ccc1O. The van der Waals surface area contributed by atoms with Gasteiger partial charge >= 0.3 is 0 Å². The number of thioether (sulfide) groups is 1. The molecule has 1 aromatic rings. The monoisotopic (exact) mass is 268 g/mol. The molecule has 2 nitrogen and oxygen atoms in total. The zero-order valence-corrected chi connectivity index (χ0v) is 12.2. The van der Waals surface area contributed by atoms with Crippen LogP contribution in [0.15, 0.2) is 23.1 Å². The smallest absolute Gasteiger partial charge is 0.119 e. The van der Waals surface area contributed by atoms with Gasteiger partial charge in [-0.25, -0.2) is 0 Å². The van der Waals surface area contributed by atoms with Gasteiger partial charge in [-0.1, -0.05) is 26.7 Å². The Hall–Kier alpha value is -0.670. The summed E-state index contributed by atoms with van der Waals surface area (Å²) in [5.74, 6) is 1.86. The average Bonchev–Trinajstić information content (AvgIpc) is 2.35. The molecule has 102 valence electrons. The molecule has 1 aromatic carbocycles. The lowest BCUT2D eigenvalue weighted by Crippen LogP contribution is -1.89. The molecule has 0 amide bonds. The van der Waals surface area contributed by atoms with Crippen LogP contribution in [0.2, 0.25) is 0 Å². The zero-order valence-electron chi connectivity index (χ0n) is 11.4. The molecule has 0 heterocycles. The third kappa shape index (κ3) is 5.32. The minimum Gasteiger partial charge on any atom is -0.508 e. The van der Waals surface area contributed by atoms with Crippen molar-refractivity contribution in [3.8, 4) is 5.75 Å². The Kier molecular flexibility index (Phi) is 7.21. The summed E-state index contributed by atoms with van der Waals surface area (Å²) in [6, 6.07) is 5.88. The molecule has 18 heavy (non-hydrogen) atoms. The molecule has 1 rings (SSSR count). The summed E-state index contributed by atoms with van der Waals surface area (Å²) in [5.41, 5.74) is 1.03. The van der Waals surface area contributed by atoms with E-state index in [0.29, 0.717) is 18.3 Å². The van der Waals surface area contributed by atoms with Crippen molar-refractivity contribution in [3.63, 3.8) is 0 Å². The van der Waals surface area contributed by atoms with Gasteiger partial charge < -0.3 is 10.2 Å². The van der Waals surface area contributed by atoms with E-state index in [9.17, 15) is 5.11 Å². The number of aliphatic hydroxyl groups is 1. The Bertz CT molecular complexity index is 350. The molecule has 0 atom stereocenters. The van der Waals surface area contributed by atoms with Gasteiger partial charge in [-0.05, 0) is 48.3 Å². The van der Waals surface area contributed by atoms with E-state index >= 15 is 0 Å². The first-order valence-corrected chi connectivity index (χ1v) is 7.70. The van der Waals surface area contributed by atoms with Crippen LogP contribution in [0.25, 0.3) is 0 Å². The van der Waals surface area contributed by atoms with Gasteiger partial charge in [-0.15, -0.1) is 11.8 Å². The molecule has 2 N–H and O–H groups in total. The first-order valence-electron chi connectivity index (χ1n) is 6.71. The molecule has 0 unspecified atom stereocenters. The van der Waals surface area contributed by atoms with E-state index in [1.807, 2.05) is 17.8 Å². The number of benzene rings is 1. The number of aromatic hydroxyl groups is 1. The van der Waals surface area contributed by atoms with Crippen molar-refractivity contribution in [2.24, 2.45) is 0 Å². The molecule has 3 heteroatoms. The summed E-state index contributed by atoms with van der Waals surface area (Å²) in [4.78, 5) is 1.23. The zero-order chi connectivity index (χ0) is 13.4. The van der Waals surface area contributed by atoms with Crippen LogP contribution in [-0.2, 0) is 0 Å². The van der Waals surface area contributed by atoms with Gasteiger partial charge in [0.05, 0.1) is 0 Å². The van der Waals surface area contributed by atoms with Crippen LogP contribution in [0.1, 0.15) is 51.0 Å². The van der Waals surface area contributed by atoms with E-state index in [1.165, 1.54) is 17.7 Å². The number of phenols is 1. The minimum atomic E-state index is 0.308. The maximum absolute atomic E-state index is 9.74. The predicted octanol–water partition coefficient (Wildman–Crippen LogP) is 4.16. The molecular formula is C15H24O2S. The molecule has 0 bridgehead atoms. The van der Waals surface area contributed by atoms with Crippen molar-refractivity contribution in [1.82, 2.24) is 0 Å². The first kappa shape index (κ1) is 15.4. The molecule has 0 radical (unpaired) electrons. The van der Waals surface area contributed by atoms with Gasteiger partial charge in [0.15, 0.2) is 0 Å². The summed E-state index contributed by atoms with van der Waals surface area (Å²) >= 11 is 1.85. The van der Waals surface area contributed by atoms with Gasteiger partial charge in [-0.3, -0.25) is 0 Å². The van der Waals surface area contributed by atoms with Crippen molar-refractivity contribution >= 4 is 11.8 Å². The normalized spacial score (nSPS) is 11.1. The second kappa shape index (κ2) is 8.44. The quantitative estimate of drug-likeness (QED) is 0.549. The second-order valence-corrected chi connectivity index (χ2v) is 6.03. The highest BCUT2D eigenvalue weighted by molar-refractivity contribution is 7.99. The number of unbranched alkanes of at least 4 members (excludes halogenated alkanes) is 3. The highest BCUT2D eigenvalue weighted by Crippen LogP contribution is 2.30. The van der Waals surface area contributed by atoms with Crippen LogP contribution in [0.5, 0.6) is 5.75 Å². The lowest BCUT2D eigenvalue weighted by atomic mass is 10.0. The Morgan fingerprint density at radius 1 is 1.11 bits per heavy atom. The average molecular weight is 268 g/mol. The highest BCUT2D eigenvalue weighted by atomic mass is 32.2. The summed E-state index contributed by atoms with van der Waals surface area (Å²) in [6.07, 6.45) is 4.40. The van der Waals surface area contributed by atoms with Gasteiger partial charge in [0.1, 0.15) is 5.75 Å². The van der Waals surface area contributed by atoms with E-state index < -0.39 is 0 Å². The second-order valence-electron chi connectivity index (χ2n) is 4.86. The molecular weight excluding hydrogens is 244 g/mol. The number of hydrogen-bond acceptors (Lipinski definition) is 3. The molecule has 0 fully saturated rings. The summed E-state index contributed by atoms with van der Waals surface area (Å²) < 4.78 is 0. The Labute approximate surface area is 114 Å². The predicted molar refractivity (Wildman–Crippen MR) is 78.5 cm³/mol. The molecule has 0 aliphatic rings. The molecule has 0 saturated heterocycles. The Balaban J connectivity index is 2.36. The summed E-state index contributed by atoms with van der Waals surface area (Å²) in [5, 5.41) is 18.4. The standard InChI is InChI=1S/C15H24O2S/c1-12(2)14-11-13(7-8-15(14)17)18-10-6-4-3-5-9-16/h7-8,11-12,16-17H,3-6,9-10H2,1-2H3. The molecule has 0 saturated carbocycles. The number of hydrogen-bond donors (Lipinski definition) is 2. The van der Waals surface area contributed by atoms with Crippen LogP contribution < -0.4 is 0 Å². The van der Waals surface area contributed by atoms with Crippen LogP contribution in [0.4, 0.5) is 0 Å². The van der Waals surface area contributed by atoms with Gasteiger partial charge in [0.25, 0.3) is 0 Å². The van der Waals surface area contributed by atoms with E-state index in [1.54, 1.807) is 6.07 Å². The summed E-state index contributed by atoms with van der Waals surface area (Å²) in [7, 11) is 0. The molecule has 0 aliphatic heterocycles. The van der Waals surface area contributed by atoms with Crippen LogP contribution >= 0.6 is 11.8 Å². The largest absolute Gasteiger partial charge is 0.508 e. The maximum atomic E-state index is 9.74. The molecule has 0 spiro atoms. The number of rotatable bonds is 8. The fourth-order valence-corrected chi connectivity index (χ4v) is 2.80. The minimum absolute atomic E-state index is 0.308. The molecule has 0 aliphatic carbocycles. The van der Waals surface area contributed by atoms with Crippen molar-refractivity contribution < 1.29 is 10.2 Å². The lowest BCUT2D eigenvalue weighted by Gasteiger charge is -2.10. The fourth-order valence-electron chi connectivity index (χ4n) is 1.84. The number of phenolic OH excluding ortho intramolecular Hbond substituents is 1. The van der Waals surface area contributed by atoms with Crippen molar-refractivity contribution in [3.05, 3.63) is 23.8 Å². The third-order valence-electron chi connectivity index (χ3n) is 2.94. The third-order valence-corrected chi connectivity index (χ3v) is 4.02. The van der Waals surface area contributed by atoms with Crippen molar-refractivity contribution in [2.45, 2.75) is 50.3 Å². The van der Waals surface area contributed by atoms with Crippen LogP contribution in [0.3, 0.4) is 0 Å². The van der Waals surface area contributed by atoms with Crippen molar-refractivity contribution in [2.75, 3.05) is 12.4 Å². The Morgan fingerprint density at radius 3 is 2.50 bits per heavy atom. The van der Waals surface area contributed by atoms with E-state index in [2.05, 4.69) is 19.9 Å². The van der Waals surface area contributed by atoms with E-state index in [0.717, 1.165) is 24.2 Å². The highest BCUT2D eigenvalue weighted by Gasteiger charge is 2.06. The molecule has 0 aromatic heterocycles. The van der Waals surface area contributed by atoms with E-state index in [4.69, 9.17) is 5.11 Å². The number of aliphatic hydroxyl groups excluding tert-OH is 1. The van der Waals surface area contributed by atoms with Gasteiger partial charge in [0, 0.05) is 11.5 Å². The van der Waals surface area contributed by atoms with Gasteiger partial charge in [0.2, 0.25) is 0 Å². The summed E-state index contributed by atoms with van der Waals surface area (Å²) in [6.45, 7) is 4.50. The van der Waals surface area contributed by atoms with Crippen LogP contribution in [-0.4, -0.2) is 22.6 Å². The van der Waals surface area contributed by atoms with Crippen LogP contribution in [0, 0.1) is 0 Å². The van der Waals surface area contributed by atoms with Gasteiger partial charge in [-0.2, -0.15) is 0 Å². The topological polar surface area (TPSA) is 40.5 Å². The van der Waals surface area contributed by atoms with Crippen molar-refractivity contribution in [1.29, 1.82) is 0 Å². The fraction of sp³-hybridized carbons (Fsp3) is 0.600. The van der Waals surface area contributed by atoms with E-state index in [-0.39, 0.29) is 0 Å². The lowest BCUT2D eigenvalue weighted by molar-refractivity contribution is 0.283.